The summed E-state index contributed by atoms with van der Waals surface area (Å²) in [6, 6.07) is 2.49. The van der Waals surface area contributed by atoms with Gasteiger partial charge in [0.05, 0.1) is 0 Å². The van der Waals surface area contributed by atoms with Crippen molar-refractivity contribution < 1.29 is 0 Å². The highest BCUT2D eigenvalue weighted by molar-refractivity contribution is 9.09. The Bertz CT molecular complexity index is 343. The Morgan fingerprint density at radius 3 is 3.06 bits per heavy atom. The van der Waals surface area contributed by atoms with Crippen molar-refractivity contribution in [2.75, 3.05) is 16.8 Å². The van der Waals surface area contributed by atoms with Gasteiger partial charge in [-0.15, -0.1) is 0 Å². The van der Waals surface area contributed by atoms with Gasteiger partial charge in [0.25, 0.3) is 0 Å². The minimum Gasteiger partial charge on any atom is -0.337 e. The van der Waals surface area contributed by atoms with Crippen LogP contribution in [0.15, 0.2) is 12.3 Å². The van der Waals surface area contributed by atoms with Gasteiger partial charge >= 0.3 is 0 Å². The number of hydrogen-bond donors (Lipinski definition) is 0. The van der Waals surface area contributed by atoms with Crippen molar-refractivity contribution in [2.24, 2.45) is 0 Å². The maximum atomic E-state index is 4.53. The zero-order valence-corrected chi connectivity index (χ0v) is 11.3. The van der Waals surface area contributed by atoms with Crippen molar-refractivity contribution in [3.8, 4) is 0 Å². The van der Waals surface area contributed by atoms with E-state index >= 15 is 0 Å². The van der Waals surface area contributed by atoms with Crippen LogP contribution in [-0.2, 0) is 0 Å². The highest BCUT2D eigenvalue weighted by Crippen LogP contribution is 2.22. The third-order valence-corrected chi connectivity index (χ3v) is 3.84. The van der Waals surface area contributed by atoms with Gasteiger partial charge in [0.1, 0.15) is 0 Å². The third kappa shape index (κ3) is 2.73. The molecule has 0 aliphatic carbocycles. The first-order valence-corrected chi connectivity index (χ1v) is 7.05. The molecule has 1 atom stereocenters. The smallest absolute Gasteiger partial charge is 0.225 e. The Hall–Kier alpha value is -0.640. The van der Waals surface area contributed by atoms with E-state index in [1.807, 2.05) is 19.2 Å². The number of hydrogen-bond acceptors (Lipinski definition) is 3. The first kappa shape index (κ1) is 11.8. The maximum absolute atomic E-state index is 4.53. The molecular formula is C12H18BrN3. The third-order valence-electron chi connectivity index (χ3n) is 3.09. The van der Waals surface area contributed by atoms with Gasteiger partial charge in [-0.1, -0.05) is 28.8 Å². The molecule has 0 spiro atoms. The Kier molecular flexibility index (Phi) is 4.16. The molecule has 1 aromatic rings. The predicted molar refractivity (Wildman–Crippen MR) is 70.2 cm³/mol. The first-order valence-electron chi connectivity index (χ1n) is 5.93. The SMILES string of the molecule is Cc1ccnc(N2CCCCCC2CBr)n1. The fourth-order valence-electron chi connectivity index (χ4n) is 2.18. The van der Waals surface area contributed by atoms with Crippen molar-refractivity contribution in [2.45, 2.75) is 38.6 Å². The van der Waals surface area contributed by atoms with Gasteiger partial charge in [-0.05, 0) is 25.8 Å². The molecule has 0 aromatic carbocycles. The fourth-order valence-corrected chi connectivity index (χ4v) is 2.85. The molecule has 4 heteroatoms. The summed E-state index contributed by atoms with van der Waals surface area (Å²) in [7, 11) is 0. The molecule has 0 bridgehead atoms. The van der Waals surface area contributed by atoms with E-state index in [1.54, 1.807) is 0 Å². The monoisotopic (exact) mass is 283 g/mol. The molecule has 2 heterocycles. The summed E-state index contributed by atoms with van der Waals surface area (Å²) in [5, 5.41) is 1.00. The molecule has 1 fully saturated rings. The van der Waals surface area contributed by atoms with Crippen LogP contribution in [0.3, 0.4) is 0 Å². The first-order chi connectivity index (χ1) is 7.81. The van der Waals surface area contributed by atoms with Gasteiger partial charge < -0.3 is 4.90 Å². The van der Waals surface area contributed by atoms with Crippen molar-refractivity contribution >= 4 is 21.9 Å². The van der Waals surface area contributed by atoms with E-state index in [2.05, 4.69) is 30.8 Å². The predicted octanol–water partition coefficient (Wildman–Crippen LogP) is 2.93. The number of halogens is 1. The lowest BCUT2D eigenvalue weighted by Crippen LogP contribution is -2.37. The Morgan fingerprint density at radius 2 is 2.31 bits per heavy atom. The molecule has 1 aliphatic heterocycles. The van der Waals surface area contributed by atoms with Crippen LogP contribution >= 0.6 is 15.9 Å². The van der Waals surface area contributed by atoms with Gasteiger partial charge in [-0.2, -0.15) is 0 Å². The standard InChI is InChI=1S/C12H18BrN3/c1-10-6-7-14-12(15-10)16-8-4-2-3-5-11(16)9-13/h6-7,11H,2-5,8-9H2,1H3. The topological polar surface area (TPSA) is 29.0 Å². The molecule has 3 nitrogen and oxygen atoms in total. The van der Waals surface area contributed by atoms with Gasteiger partial charge in [-0.25, -0.2) is 9.97 Å². The number of nitrogens with zero attached hydrogens (tertiary/aromatic N) is 3. The number of aromatic nitrogens is 2. The van der Waals surface area contributed by atoms with Gasteiger partial charge in [0, 0.05) is 29.8 Å². The quantitative estimate of drug-likeness (QED) is 0.782. The van der Waals surface area contributed by atoms with Crippen LogP contribution in [0.4, 0.5) is 5.95 Å². The van der Waals surface area contributed by atoms with Crippen LogP contribution < -0.4 is 4.90 Å². The molecule has 88 valence electrons. The lowest BCUT2D eigenvalue weighted by Gasteiger charge is -2.28. The highest BCUT2D eigenvalue weighted by atomic mass is 79.9. The Labute approximate surface area is 105 Å². The fraction of sp³-hybridized carbons (Fsp3) is 0.667. The van der Waals surface area contributed by atoms with E-state index in [0.717, 1.165) is 23.5 Å². The van der Waals surface area contributed by atoms with E-state index in [9.17, 15) is 0 Å². The maximum Gasteiger partial charge on any atom is 0.225 e. The highest BCUT2D eigenvalue weighted by Gasteiger charge is 2.22. The molecule has 0 radical (unpaired) electrons. The summed E-state index contributed by atoms with van der Waals surface area (Å²) in [6.07, 6.45) is 6.99. The van der Waals surface area contributed by atoms with Crippen LogP contribution in [0.5, 0.6) is 0 Å². The number of alkyl halides is 1. The van der Waals surface area contributed by atoms with E-state index in [4.69, 9.17) is 0 Å². The zero-order chi connectivity index (χ0) is 11.4. The molecule has 1 aliphatic rings. The van der Waals surface area contributed by atoms with E-state index in [-0.39, 0.29) is 0 Å². The lowest BCUT2D eigenvalue weighted by atomic mass is 10.1. The van der Waals surface area contributed by atoms with Crippen molar-refractivity contribution in [1.29, 1.82) is 0 Å². The average Bonchev–Trinajstić information content (AvgIpc) is 2.53. The van der Waals surface area contributed by atoms with E-state index < -0.39 is 0 Å². The summed E-state index contributed by atoms with van der Waals surface area (Å²) in [5.41, 5.74) is 1.04. The van der Waals surface area contributed by atoms with Crippen LogP contribution in [0.1, 0.15) is 31.4 Å². The summed E-state index contributed by atoms with van der Waals surface area (Å²) >= 11 is 3.60. The number of anilines is 1. The molecule has 1 aromatic heterocycles. The Morgan fingerprint density at radius 1 is 1.44 bits per heavy atom. The minimum absolute atomic E-state index is 0.546. The van der Waals surface area contributed by atoms with Gasteiger partial charge in [-0.3, -0.25) is 0 Å². The lowest BCUT2D eigenvalue weighted by molar-refractivity contribution is 0.614. The average molecular weight is 284 g/mol. The van der Waals surface area contributed by atoms with Crippen LogP contribution in [0, 0.1) is 6.92 Å². The molecule has 2 rings (SSSR count). The molecule has 0 N–H and O–H groups in total. The summed E-state index contributed by atoms with van der Waals surface area (Å²) in [6.45, 7) is 3.10. The van der Waals surface area contributed by atoms with Gasteiger partial charge in [0.2, 0.25) is 5.95 Å². The zero-order valence-electron chi connectivity index (χ0n) is 9.69. The van der Waals surface area contributed by atoms with Crippen LogP contribution in [0.25, 0.3) is 0 Å². The summed E-state index contributed by atoms with van der Waals surface area (Å²) in [5.74, 6) is 0.895. The molecule has 0 amide bonds. The van der Waals surface area contributed by atoms with Crippen molar-refractivity contribution in [1.82, 2.24) is 9.97 Å². The molecule has 1 unspecified atom stereocenters. The minimum atomic E-state index is 0.546. The second kappa shape index (κ2) is 5.62. The molecule has 1 saturated heterocycles. The summed E-state index contributed by atoms with van der Waals surface area (Å²) in [4.78, 5) is 11.3. The van der Waals surface area contributed by atoms with Crippen molar-refractivity contribution in [3.63, 3.8) is 0 Å². The molecule has 0 saturated carbocycles. The largest absolute Gasteiger partial charge is 0.337 e. The van der Waals surface area contributed by atoms with Crippen LogP contribution in [0.2, 0.25) is 0 Å². The second-order valence-electron chi connectivity index (χ2n) is 4.35. The number of aryl methyl sites for hydroxylation is 1. The van der Waals surface area contributed by atoms with Crippen molar-refractivity contribution in [3.05, 3.63) is 18.0 Å². The van der Waals surface area contributed by atoms with E-state index in [1.165, 1.54) is 25.7 Å². The van der Waals surface area contributed by atoms with Crippen LogP contribution in [-0.4, -0.2) is 27.9 Å². The van der Waals surface area contributed by atoms with E-state index in [0.29, 0.717) is 6.04 Å². The Balaban J connectivity index is 2.21. The normalized spacial score (nSPS) is 21.9. The molecule has 16 heavy (non-hydrogen) atoms. The van der Waals surface area contributed by atoms with Gasteiger partial charge in [0.15, 0.2) is 0 Å². The summed E-state index contributed by atoms with van der Waals surface area (Å²) < 4.78 is 0. The second-order valence-corrected chi connectivity index (χ2v) is 5.00. The number of rotatable bonds is 2. The molecular weight excluding hydrogens is 266 g/mol.